The number of likely N-dealkylation sites (tertiary alicyclic amines) is 1. The van der Waals surface area contributed by atoms with Crippen LogP contribution in [-0.2, 0) is 35.1 Å². The van der Waals surface area contributed by atoms with E-state index in [2.05, 4.69) is 5.32 Å². The van der Waals surface area contributed by atoms with Gasteiger partial charge in [0.05, 0.1) is 13.2 Å². The zero-order valence-electron chi connectivity index (χ0n) is 20.3. The van der Waals surface area contributed by atoms with E-state index < -0.39 is 35.5 Å². The minimum absolute atomic E-state index is 0.0621. The Labute approximate surface area is 200 Å². The largest absolute Gasteiger partial charge is 0.464 e. The van der Waals surface area contributed by atoms with Crippen LogP contribution in [0.4, 0.5) is 4.79 Å². The highest BCUT2D eigenvalue weighted by atomic mass is 16.6. The van der Waals surface area contributed by atoms with Crippen molar-refractivity contribution in [2.24, 2.45) is 5.92 Å². The number of nitrogens with zero attached hydrogens (tertiary/aromatic N) is 1. The molecular formula is C25H34N2O7. The number of esters is 1. The van der Waals surface area contributed by atoms with Gasteiger partial charge in [-0.25, -0.2) is 14.5 Å². The molecule has 1 N–H and O–H groups in total. The molecule has 0 saturated carbocycles. The van der Waals surface area contributed by atoms with Gasteiger partial charge in [-0.1, -0.05) is 30.3 Å². The highest BCUT2D eigenvalue weighted by Gasteiger charge is 2.48. The van der Waals surface area contributed by atoms with Gasteiger partial charge >= 0.3 is 12.1 Å². The van der Waals surface area contributed by atoms with Gasteiger partial charge in [-0.3, -0.25) is 14.4 Å². The predicted molar refractivity (Wildman–Crippen MR) is 124 cm³/mol. The zero-order chi connectivity index (χ0) is 25.3. The van der Waals surface area contributed by atoms with E-state index in [9.17, 15) is 24.0 Å². The Hall–Kier alpha value is -3.23. The van der Waals surface area contributed by atoms with Gasteiger partial charge in [-0.2, -0.15) is 0 Å². The first-order valence-electron chi connectivity index (χ1n) is 11.6. The lowest BCUT2D eigenvalue weighted by Gasteiger charge is -2.26. The first-order valence-corrected chi connectivity index (χ1v) is 11.6. The highest BCUT2D eigenvalue weighted by Crippen LogP contribution is 2.31. The fourth-order valence-electron chi connectivity index (χ4n) is 3.72. The van der Waals surface area contributed by atoms with Crippen molar-refractivity contribution in [3.8, 4) is 0 Å². The molecule has 0 bridgehead atoms. The topological polar surface area (TPSA) is 119 Å². The van der Waals surface area contributed by atoms with Gasteiger partial charge in [0.2, 0.25) is 11.8 Å². The molecule has 1 aromatic carbocycles. The van der Waals surface area contributed by atoms with Gasteiger partial charge < -0.3 is 14.8 Å². The maximum absolute atomic E-state index is 12.9. The summed E-state index contributed by atoms with van der Waals surface area (Å²) in [5.41, 5.74) is 0.0530. The Morgan fingerprint density at radius 1 is 1.12 bits per heavy atom. The van der Waals surface area contributed by atoms with Crippen LogP contribution in [-0.4, -0.2) is 59.4 Å². The van der Waals surface area contributed by atoms with Crippen molar-refractivity contribution in [2.45, 2.75) is 71.4 Å². The molecule has 0 radical (unpaired) electrons. The van der Waals surface area contributed by atoms with E-state index in [1.807, 2.05) is 30.3 Å². The maximum Gasteiger partial charge on any atom is 0.417 e. The molecule has 1 saturated heterocycles. The van der Waals surface area contributed by atoms with E-state index in [0.717, 1.165) is 10.5 Å². The lowest BCUT2D eigenvalue weighted by molar-refractivity contribution is -0.151. The van der Waals surface area contributed by atoms with Crippen molar-refractivity contribution >= 4 is 29.7 Å². The van der Waals surface area contributed by atoms with Gasteiger partial charge in [0, 0.05) is 18.8 Å². The molecule has 186 valence electrons. The van der Waals surface area contributed by atoms with E-state index in [4.69, 9.17) is 9.47 Å². The second kappa shape index (κ2) is 12.3. The van der Waals surface area contributed by atoms with Crippen LogP contribution in [0, 0.1) is 5.92 Å². The van der Waals surface area contributed by atoms with E-state index in [1.165, 1.54) is 0 Å². The molecule has 1 aromatic rings. The lowest BCUT2D eigenvalue weighted by Crippen LogP contribution is -2.46. The third-order valence-corrected chi connectivity index (χ3v) is 5.24. The van der Waals surface area contributed by atoms with Gasteiger partial charge in [0.15, 0.2) is 5.78 Å². The Bertz CT molecular complexity index is 892. The standard InChI is InChI=1S/C25H34N2O7/c1-5-33-23(31)20-15-18(22(30)27(20)24(32)34-25(2,3)4)12-9-13-21(29)26-16-19(28)14-17-10-7-6-8-11-17/h6-8,10-11,18,20H,5,9,12-16H2,1-4H3,(H,26,29)/t18-,20+/m1/s1. The first kappa shape index (κ1) is 27.0. The molecule has 0 aliphatic carbocycles. The van der Waals surface area contributed by atoms with Crippen LogP contribution in [0.1, 0.15) is 58.9 Å². The number of rotatable bonds is 10. The van der Waals surface area contributed by atoms with Crippen LogP contribution in [0.5, 0.6) is 0 Å². The second-order valence-corrected chi connectivity index (χ2v) is 9.26. The van der Waals surface area contributed by atoms with Gasteiger partial charge in [0.25, 0.3) is 0 Å². The number of carbonyl (C=O) groups is 5. The average molecular weight is 475 g/mol. The lowest BCUT2D eigenvalue weighted by atomic mass is 9.98. The van der Waals surface area contributed by atoms with Crippen molar-refractivity contribution in [3.63, 3.8) is 0 Å². The SMILES string of the molecule is CCOC(=O)[C@@H]1C[C@@H](CCCC(=O)NCC(=O)Cc2ccccc2)C(=O)N1C(=O)OC(C)(C)C. The summed E-state index contributed by atoms with van der Waals surface area (Å²) in [5.74, 6) is -2.16. The minimum Gasteiger partial charge on any atom is -0.464 e. The molecule has 2 atom stereocenters. The fourth-order valence-corrected chi connectivity index (χ4v) is 3.72. The van der Waals surface area contributed by atoms with Crippen LogP contribution in [0.3, 0.4) is 0 Å². The number of ketones is 1. The number of amides is 3. The summed E-state index contributed by atoms with van der Waals surface area (Å²) in [5, 5.41) is 2.60. The third kappa shape index (κ3) is 8.28. The summed E-state index contributed by atoms with van der Waals surface area (Å²) >= 11 is 0. The summed E-state index contributed by atoms with van der Waals surface area (Å²) < 4.78 is 10.3. The molecule has 0 unspecified atom stereocenters. The van der Waals surface area contributed by atoms with Gasteiger partial charge in [-0.05, 0) is 52.5 Å². The summed E-state index contributed by atoms with van der Waals surface area (Å²) in [6.07, 6.45) is 0.292. The number of nitrogens with one attached hydrogen (secondary N) is 1. The minimum atomic E-state index is -1.04. The summed E-state index contributed by atoms with van der Waals surface area (Å²) in [7, 11) is 0. The normalized spacial score (nSPS) is 17.9. The number of ether oxygens (including phenoxy) is 2. The maximum atomic E-state index is 12.9. The molecule has 9 nitrogen and oxygen atoms in total. The van der Waals surface area contributed by atoms with E-state index in [-0.39, 0.29) is 44.1 Å². The predicted octanol–water partition coefficient (Wildman–Crippen LogP) is 2.80. The summed E-state index contributed by atoms with van der Waals surface area (Å²) in [4.78, 5) is 62.8. The molecule has 0 spiro atoms. The van der Waals surface area contributed by atoms with Gasteiger partial charge in [-0.15, -0.1) is 0 Å². The first-order chi connectivity index (χ1) is 16.0. The molecule has 9 heteroatoms. The zero-order valence-corrected chi connectivity index (χ0v) is 20.3. The number of carbonyl (C=O) groups excluding carboxylic acids is 5. The fraction of sp³-hybridized carbons (Fsp3) is 0.560. The molecular weight excluding hydrogens is 440 g/mol. The van der Waals surface area contributed by atoms with Crippen LogP contribution >= 0.6 is 0 Å². The van der Waals surface area contributed by atoms with Crippen molar-refractivity contribution in [1.82, 2.24) is 10.2 Å². The van der Waals surface area contributed by atoms with Crippen molar-refractivity contribution in [1.29, 1.82) is 0 Å². The molecule has 1 fully saturated rings. The summed E-state index contributed by atoms with van der Waals surface area (Å²) in [6, 6.07) is 8.22. The molecule has 34 heavy (non-hydrogen) atoms. The molecule has 3 amide bonds. The number of hydrogen-bond acceptors (Lipinski definition) is 7. The Morgan fingerprint density at radius 2 is 1.79 bits per heavy atom. The Balaban J connectivity index is 1.85. The van der Waals surface area contributed by atoms with Crippen LogP contribution < -0.4 is 5.32 Å². The molecule has 1 aliphatic heterocycles. The van der Waals surface area contributed by atoms with Crippen LogP contribution in [0.2, 0.25) is 0 Å². The monoisotopic (exact) mass is 474 g/mol. The van der Waals surface area contributed by atoms with Crippen LogP contribution in [0.15, 0.2) is 30.3 Å². The molecule has 2 rings (SSSR count). The smallest absolute Gasteiger partial charge is 0.417 e. The number of imide groups is 1. The van der Waals surface area contributed by atoms with Gasteiger partial charge in [0.1, 0.15) is 11.6 Å². The Kier molecular flexibility index (Phi) is 9.77. The third-order valence-electron chi connectivity index (χ3n) is 5.24. The highest BCUT2D eigenvalue weighted by molar-refractivity contribution is 6.00. The van der Waals surface area contributed by atoms with Crippen molar-refractivity contribution < 1.29 is 33.4 Å². The number of Topliss-reactive ketones (excluding diaryl/α,β-unsaturated/α-hetero) is 1. The summed E-state index contributed by atoms with van der Waals surface area (Å²) in [6.45, 7) is 6.72. The number of hydrogen-bond donors (Lipinski definition) is 1. The second-order valence-electron chi connectivity index (χ2n) is 9.26. The molecule has 1 heterocycles. The van der Waals surface area contributed by atoms with Crippen molar-refractivity contribution in [2.75, 3.05) is 13.2 Å². The van der Waals surface area contributed by atoms with Crippen molar-refractivity contribution in [3.05, 3.63) is 35.9 Å². The molecule has 1 aliphatic rings. The number of benzene rings is 1. The quantitative estimate of drug-likeness (QED) is 0.518. The average Bonchev–Trinajstić information content (AvgIpc) is 3.08. The van der Waals surface area contributed by atoms with Crippen LogP contribution in [0.25, 0.3) is 0 Å². The Morgan fingerprint density at radius 3 is 2.41 bits per heavy atom. The van der Waals surface area contributed by atoms with E-state index in [1.54, 1.807) is 27.7 Å². The van der Waals surface area contributed by atoms with E-state index in [0.29, 0.717) is 12.8 Å². The van der Waals surface area contributed by atoms with E-state index >= 15 is 0 Å². The molecule has 0 aromatic heterocycles.